The quantitative estimate of drug-likeness (QED) is 0.792. The summed E-state index contributed by atoms with van der Waals surface area (Å²) in [6, 6.07) is 0. The van der Waals surface area contributed by atoms with Gasteiger partial charge in [0.25, 0.3) is 0 Å². The lowest BCUT2D eigenvalue weighted by Crippen LogP contribution is -2.01. The van der Waals surface area contributed by atoms with Crippen molar-refractivity contribution in [2.24, 2.45) is 0 Å². The maximum absolute atomic E-state index is 8.96. The van der Waals surface area contributed by atoms with Crippen molar-refractivity contribution in [1.29, 1.82) is 0 Å². The molecule has 2 rings (SSSR count). The van der Waals surface area contributed by atoms with Crippen molar-refractivity contribution in [3.63, 3.8) is 0 Å². The van der Waals surface area contributed by atoms with E-state index < -0.39 is 0 Å². The zero-order chi connectivity index (χ0) is 9.97. The molecule has 1 saturated heterocycles. The molecule has 0 radical (unpaired) electrons. The van der Waals surface area contributed by atoms with Crippen LogP contribution in [-0.2, 0) is 4.74 Å². The van der Waals surface area contributed by atoms with Crippen LogP contribution in [0.1, 0.15) is 36.8 Å². The minimum atomic E-state index is 0.0508. The van der Waals surface area contributed by atoms with Gasteiger partial charge in [-0.1, -0.05) is 6.92 Å². The summed E-state index contributed by atoms with van der Waals surface area (Å²) in [5.41, 5.74) is 0.828. The second kappa shape index (κ2) is 4.11. The van der Waals surface area contributed by atoms with Gasteiger partial charge in [0.1, 0.15) is 6.26 Å². The largest absolute Gasteiger partial charge is 0.448 e. The lowest BCUT2D eigenvalue weighted by atomic mass is 10.1. The van der Waals surface area contributed by atoms with Gasteiger partial charge in [-0.2, -0.15) is 0 Å². The molecule has 1 aliphatic heterocycles. The Bertz CT molecular complexity index is 291. The van der Waals surface area contributed by atoms with Gasteiger partial charge >= 0.3 is 0 Å². The highest BCUT2D eigenvalue weighted by Gasteiger charge is 2.23. The molecule has 4 nitrogen and oxygen atoms in total. The third kappa shape index (κ3) is 1.81. The summed E-state index contributed by atoms with van der Waals surface area (Å²) >= 11 is 0. The van der Waals surface area contributed by atoms with E-state index in [-0.39, 0.29) is 12.5 Å². The molecule has 1 aliphatic rings. The normalized spacial score (nSPS) is 24.0. The van der Waals surface area contributed by atoms with Crippen molar-refractivity contribution < 1.29 is 14.3 Å². The Morgan fingerprint density at radius 3 is 3.21 bits per heavy atom. The van der Waals surface area contributed by atoms with Crippen molar-refractivity contribution >= 4 is 0 Å². The molecule has 2 heterocycles. The number of aliphatic hydroxyl groups is 1. The Balaban J connectivity index is 2.08. The number of aromatic nitrogens is 1. The van der Waals surface area contributed by atoms with Crippen LogP contribution >= 0.6 is 0 Å². The fraction of sp³-hybridized carbons (Fsp3) is 0.700. The highest BCUT2D eigenvalue weighted by atomic mass is 16.5. The highest BCUT2D eigenvalue weighted by molar-refractivity contribution is 5.06. The van der Waals surface area contributed by atoms with E-state index in [1.54, 1.807) is 6.26 Å². The molecule has 1 aromatic rings. The SMILES string of the molecule is CC(CO)c1coc(C2CCOC2)n1. The molecule has 4 heteroatoms. The molecule has 0 amide bonds. The highest BCUT2D eigenvalue weighted by Crippen LogP contribution is 2.25. The second-order valence-corrected chi connectivity index (χ2v) is 3.75. The van der Waals surface area contributed by atoms with Gasteiger partial charge in [-0.15, -0.1) is 0 Å². The van der Waals surface area contributed by atoms with Gasteiger partial charge in [-0.05, 0) is 6.42 Å². The molecule has 2 unspecified atom stereocenters. The summed E-state index contributed by atoms with van der Waals surface area (Å²) < 4.78 is 10.6. The minimum Gasteiger partial charge on any atom is -0.448 e. The van der Waals surface area contributed by atoms with Crippen LogP contribution in [-0.4, -0.2) is 29.9 Å². The molecule has 0 spiro atoms. The standard InChI is InChI=1S/C10H15NO3/c1-7(4-12)9-6-14-10(11-9)8-2-3-13-5-8/h6-8,12H,2-5H2,1H3. The van der Waals surface area contributed by atoms with E-state index in [2.05, 4.69) is 4.98 Å². The van der Waals surface area contributed by atoms with Crippen LogP contribution in [0.5, 0.6) is 0 Å². The van der Waals surface area contributed by atoms with Crippen molar-refractivity contribution in [2.75, 3.05) is 19.8 Å². The molecule has 0 aliphatic carbocycles. The molecule has 14 heavy (non-hydrogen) atoms. The van der Waals surface area contributed by atoms with Crippen LogP contribution in [0.2, 0.25) is 0 Å². The number of rotatable bonds is 3. The first-order valence-corrected chi connectivity index (χ1v) is 4.95. The third-order valence-corrected chi connectivity index (χ3v) is 2.60. The van der Waals surface area contributed by atoms with Crippen LogP contribution < -0.4 is 0 Å². The number of hydrogen-bond acceptors (Lipinski definition) is 4. The van der Waals surface area contributed by atoms with Gasteiger partial charge < -0.3 is 14.3 Å². The first kappa shape index (κ1) is 9.68. The van der Waals surface area contributed by atoms with Gasteiger partial charge in [0, 0.05) is 12.5 Å². The van der Waals surface area contributed by atoms with Crippen LogP contribution in [0.25, 0.3) is 0 Å². The molecule has 1 aromatic heterocycles. The van der Waals surface area contributed by atoms with E-state index in [0.717, 1.165) is 24.6 Å². The average Bonchev–Trinajstić information content (AvgIpc) is 2.86. The fourth-order valence-electron chi connectivity index (χ4n) is 1.54. The topological polar surface area (TPSA) is 55.5 Å². The van der Waals surface area contributed by atoms with Crippen LogP contribution in [0, 0.1) is 0 Å². The maximum atomic E-state index is 8.96. The van der Waals surface area contributed by atoms with Gasteiger partial charge in [-0.3, -0.25) is 0 Å². The van der Waals surface area contributed by atoms with Crippen molar-refractivity contribution in [2.45, 2.75) is 25.2 Å². The van der Waals surface area contributed by atoms with Crippen LogP contribution in [0.15, 0.2) is 10.7 Å². The van der Waals surface area contributed by atoms with Gasteiger partial charge in [-0.25, -0.2) is 4.98 Å². The van der Waals surface area contributed by atoms with E-state index in [1.165, 1.54) is 0 Å². The monoisotopic (exact) mass is 197 g/mol. The molecule has 2 atom stereocenters. The molecular formula is C10H15NO3. The van der Waals surface area contributed by atoms with E-state index in [0.29, 0.717) is 12.5 Å². The van der Waals surface area contributed by atoms with Crippen LogP contribution in [0.4, 0.5) is 0 Å². The number of hydrogen-bond donors (Lipinski definition) is 1. The second-order valence-electron chi connectivity index (χ2n) is 3.75. The van der Waals surface area contributed by atoms with E-state index in [1.807, 2.05) is 6.92 Å². The van der Waals surface area contributed by atoms with Crippen molar-refractivity contribution in [3.8, 4) is 0 Å². The summed E-state index contributed by atoms with van der Waals surface area (Å²) in [6.07, 6.45) is 2.61. The first-order valence-electron chi connectivity index (χ1n) is 4.95. The molecule has 1 N–H and O–H groups in total. The van der Waals surface area contributed by atoms with Gasteiger partial charge in [0.15, 0.2) is 5.89 Å². The van der Waals surface area contributed by atoms with Crippen molar-refractivity contribution in [3.05, 3.63) is 17.8 Å². The molecule has 0 bridgehead atoms. The number of oxazole rings is 1. The Morgan fingerprint density at radius 1 is 1.71 bits per heavy atom. The number of aliphatic hydroxyl groups excluding tert-OH is 1. The van der Waals surface area contributed by atoms with Crippen molar-refractivity contribution in [1.82, 2.24) is 4.98 Å². The summed E-state index contributed by atoms with van der Waals surface area (Å²) in [6.45, 7) is 3.52. The van der Waals surface area contributed by atoms with Gasteiger partial charge in [0.2, 0.25) is 0 Å². The lowest BCUT2D eigenvalue weighted by Gasteiger charge is -2.02. The smallest absolute Gasteiger partial charge is 0.199 e. The van der Waals surface area contributed by atoms with E-state index >= 15 is 0 Å². The van der Waals surface area contributed by atoms with E-state index in [4.69, 9.17) is 14.3 Å². The zero-order valence-electron chi connectivity index (χ0n) is 8.27. The first-order chi connectivity index (χ1) is 6.81. The minimum absolute atomic E-state index is 0.0508. The van der Waals surface area contributed by atoms with E-state index in [9.17, 15) is 0 Å². The summed E-state index contributed by atoms with van der Waals surface area (Å²) in [5.74, 6) is 1.10. The Labute approximate surface area is 82.9 Å². The Hall–Kier alpha value is -0.870. The number of nitrogens with zero attached hydrogens (tertiary/aromatic N) is 1. The lowest BCUT2D eigenvalue weighted by molar-refractivity contribution is 0.190. The molecule has 1 fully saturated rings. The third-order valence-electron chi connectivity index (χ3n) is 2.60. The predicted octanol–water partition coefficient (Wildman–Crippen LogP) is 1.27. The summed E-state index contributed by atoms with van der Waals surface area (Å²) in [4.78, 5) is 4.36. The fourth-order valence-corrected chi connectivity index (χ4v) is 1.54. The summed E-state index contributed by atoms with van der Waals surface area (Å²) in [5, 5.41) is 8.96. The average molecular weight is 197 g/mol. The zero-order valence-corrected chi connectivity index (χ0v) is 8.27. The maximum Gasteiger partial charge on any atom is 0.199 e. The molecule has 0 aromatic carbocycles. The van der Waals surface area contributed by atoms with Gasteiger partial charge in [0.05, 0.1) is 24.8 Å². The number of ether oxygens (including phenoxy) is 1. The molecule has 78 valence electrons. The summed E-state index contributed by atoms with van der Waals surface area (Å²) in [7, 11) is 0. The Kier molecular flexibility index (Phi) is 2.84. The molecule has 0 saturated carbocycles. The predicted molar refractivity (Wildman–Crippen MR) is 50.2 cm³/mol. The Morgan fingerprint density at radius 2 is 2.57 bits per heavy atom. The van der Waals surface area contributed by atoms with Crippen LogP contribution in [0.3, 0.4) is 0 Å². The molecular weight excluding hydrogens is 182 g/mol.